The Hall–Kier alpha value is -3.03. The van der Waals surface area contributed by atoms with E-state index in [9.17, 15) is 9.59 Å². The van der Waals surface area contributed by atoms with Crippen LogP contribution in [0.2, 0.25) is 5.02 Å². The first kappa shape index (κ1) is 23.1. The fourth-order valence-corrected chi connectivity index (χ4v) is 4.53. The van der Waals surface area contributed by atoms with Gasteiger partial charge in [-0.2, -0.15) is 0 Å². The summed E-state index contributed by atoms with van der Waals surface area (Å²) in [7, 11) is 1.61. The molecule has 0 spiro atoms. The number of urea groups is 1. The number of hydrogen-bond acceptors (Lipinski definition) is 4. The molecule has 0 aliphatic carbocycles. The van der Waals surface area contributed by atoms with E-state index in [1.165, 1.54) is 0 Å². The maximum absolute atomic E-state index is 13.3. The molecule has 1 aliphatic rings. The van der Waals surface area contributed by atoms with Crippen molar-refractivity contribution >= 4 is 34.2 Å². The number of likely N-dealkylation sites (tertiary alicyclic amines) is 1. The van der Waals surface area contributed by atoms with Gasteiger partial charge in [0, 0.05) is 39.8 Å². The molecule has 2 heterocycles. The van der Waals surface area contributed by atoms with Crippen molar-refractivity contribution in [3.63, 3.8) is 0 Å². The molecule has 1 unspecified atom stereocenters. The summed E-state index contributed by atoms with van der Waals surface area (Å²) < 4.78 is 5.32. The molecule has 4 rings (SSSR count). The number of H-pyrrole nitrogens is 1. The van der Waals surface area contributed by atoms with Crippen LogP contribution in [0.3, 0.4) is 0 Å². The molecular weight excluding hydrogens is 440 g/mol. The smallest absolute Gasteiger partial charge is 0.322 e. The summed E-state index contributed by atoms with van der Waals surface area (Å²) in [5.41, 5.74) is 1.72. The highest BCUT2D eigenvalue weighted by Crippen LogP contribution is 2.22. The van der Waals surface area contributed by atoms with Gasteiger partial charge < -0.3 is 19.9 Å². The Bertz CT molecular complexity index is 1180. The van der Waals surface area contributed by atoms with E-state index in [-0.39, 0.29) is 24.2 Å². The van der Waals surface area contributed by atoms with Crippen LogP contribution < -0.4 is 15.6 Å². The van der Waals surface area contributed by atoms with Crippen LogP contribution in [0.25, 0.3) is 10.9 Å². The number of ether oxygens (including phenoxy) is 1. The number of fused-ring (bicyclic) bond motifs is 1. The Morgan fingerprint density at radius 3 is 2.76 bits per heavy atom. The number of aromatic amines is 1. The summed E-state index contributed by atoms with van der Waals surface area (Å²) in [5, 5.41) is 4.41. The van der Waals surface area contributed by atoms with E-state index in [0.717, 1.165) is 36.8 Å². The topological polar surface area (TPSA) is 77.7 Å². The van der Waals surface area contributed by atoms with Crippen LogP contribution in [0.4, 0.5) is 10.5 Å². The molecule has 1 aromatic heterocycles. The molecule has 8 heteroatoms. The summed E-state index contributed by atoms with van der Waals surface area (Å²) in [6.07, 6.45) is 2.14. The number of benzene rings is 2. The highest BCUT2D eigenvalue weighted by Gasteiger charge is 2.28. The molecular formula is C25H29ClN4O3. The van der Waals surface area contributed by atoms with Crippen molar-refractivity contribution in [2.75, 3.05) is 32.1 Å². The van der Waals surface area contributed by atoms with Gasteiger partial charge >= 0.3 is 6.03 Å². The summed E-state index contributed by atoms with van der Waals surface area (Å²) in [5.74, 6) is 0.711. The lowest BCUT2D eigenvalue weighted by molar-refractivity contribution is 0.174. The van der Waals surface area contributed by atoms with Crippen LogP contribution in [0.15, 0.2) is 53.3 Å². The van der Waals surface area contributed by atoms with Crippen molar-refractivity contribution in [3.8, 4) is 5.75 Å². The van der Waals surface area contributed by atoms with Gasteiger partial charge in [0.2, 0.25) is 0 Å². The molecule has 3 aromatic rings. The summed E-state index contributed by atoms with van der Waals surface area (Å²) in [4.78, 5) is 33.2. The Morgan fingerprint density at radius 1 is 1.24 bits per heavy atom. The Balaban J connectivity index is 1.62. The minimum Gasteiger partial charge on any atom is -0.497 e. The molecule has 174 valence electrons. The van der Waals surface area contributed by atoms with E-state index in [1.54, 1.807) is 36.3 Å². The number of likely N-dealkylation sites (N-methyl/N-ethyl adjacent to an activating group) is 1. The number of nitrogens with zero attached hydrogens (tertiary/aromatic N) is 2. The minimum atomic E-state index is -0.245. The average molecular weight is 469 g/mol. The lowest BCUT2D eigenvalue weighted by Crippen LogP contribution is -2.45. The first-order valence-corrected chi connectivity index (χ1v) is 11.6. The molecule has 0 bridgehead atoms. The molecule has 1 atom stereocenters. The number of carbonyl (C=O) groups excluding carboxylic acids is 1. The van der Waals surface area contributed by atoms with Crippen molar-refractivity contribution in [2.24, 2.45) is 0 Å². The average Bonchev–Trinajstić information content (AvgIpc) is 3.27. The summed E-state index contributed by atoms with van der Waals surface area (Å²) in [6, 6.07) is 14.4. The number of carbonyl (C=O) groups is 1. The van der Waals surface area contributed by atoms with E-state index in [4.69, 9.17) is 16.3 Å². The first-order valence-electron chi connectivity index (χ1n) is 11.2. The number of rotatable bonds is 7. The largest absolute Gasteiger partial charge is 0.497 e. The fraction of sp³-hybridized carbons (Fsp3) is 0.360. The number of aromatic nitrogens is 1. The molecule has 7 nitrogen and oxygen atoms in total. The van der Waals surface area contributed by atoms with Gasteiger partial charge in [-0.05, 0) is 74.5 Å². The molecule has 33 heavy (non-hydrogen) atoms. The van der Waals surface area contributed by atoms with Gasteiger partial charge in [-0.15, -0.1) is 0 Å². The third-order valence-corrected chi connectivity index (χ3v) is 6.46. The molecule has 0 saturated carbocycles. The highest BCUT2D eigenvalue weighted by atomic mass is 35.5. The van der Waals surface area contributed by atoms with Crippen molar-refractivity contribution in [1.82, 2.24) is 14.8 Å². The second kappa shape index (κ2) is 10.3. The predicted molar refractivity (Wildman–Crippen MR) is 132 cm³/mol. The van der Waals surface area contributed by atoms with Crippen LogP contribution >= 0.6 is 11.6 Å². The molecule has 2 amide bonds. The number of pyridine rings is 1. The minimum absolute atomic E-state index is 0.198. The second-order valence-corrected chi connectivity index (χ2v) is 8.76. The van der Waals surface area contributed by atoms with Gasteiger partial charge in [-0.3, -0.25) is 9.69 Å². The van der Waals surface area contributed by atoms with Gasteiger partial charge in [0.25, 0.3) is 5.56 Å². The lowest BCUT2D eigenvalue weighted by Gasteiger charge is -2.30. The van der Waals surface area contributed by atoms with E-state index in [0.29, 0.717) is 28.6 Å². The molecule has 1 saturated heterocycles. The molecule has 1 fully saturated rings. The van der Waals surface area contributed by atoms with E-state index in [1.807, 2.05) is 24.3 Å². The van der Waals surface area contributed by atoms with E-state index in [2.05, 4.69) is 22.1 Å². The maximum atomic E-state index is 13.3. The van der Waals surface area contributed by atoms with Gasteiger partial charge in [-0.1, -0.05) is 18.5 Å². The quantitative estimate of drug-likeness (QED) is 0.526. The third kappa shape index (κ3) is 5.49. The number of halogens is 1. The predicted octanol–water partition coefficient (Wildman–Crippen LogP) is 4.71. The maximum Gasteiger partial charge on any atom is 0.322 e. The molecule has 0 radical (unpaired) electrons. The normalized spacial score (nSPS) is 16.2. The van der Waals surface area contributed by atoms with Crippen molar-refractivity contribution in [2.45, 2.75) is 32.4 Å². The van der Waals surface area contributed by atoms with E-state index >= 15 is 0 Å². The van der Waals surface area contributed by atoms with Crippen LogP contribution in [-0.2, 0) is 6.54 Å². The Kier molecular flexibility index (Phi) is 7.20. The van der Waals surface area contributed by atoms with Gasteiger partial charge in [0.1, 0.15) is 5.75 Å². The zero-order valence-electron chi connectivity index (χ0n) is 18.9. The van der Waals surface area contributed by atoms with Crippen LogP contribution in [0, 0.1) is 0 Å². The SMILES string of the molecule is CCN1CCCC1CN(Cc1cc2cc(OC)ccc2[nH]c1=O)C(=O)Nc1ccc(Cl)cc1. The van der Waals surface area contributed by atoms with Crippen LogP contribution in [0.1, 0.15) is 25.3 Å². The number of amides is 2. The fourth-order valence-electron chi connectivity index (χ4n) is 4.41. The van der Waals surface area contributed by atoms with Crippen molar-refractivity contribution < 1.29 is 9.53 Å². The first-order chi connectivity index (χ1) is 16.0. The van der Waals surface area contributed by atoms with Crippen molar-refractivity contribution in [3.05, 3.63) is 69.5 Å². The zero-order chi connectivity index (χ0) is 23.4. The number of hydrogen-bond donors (Lipinski definition) is 2. The molecule has 2 aromatic carbocycles. The Morgan fingerprint density at radius 2 is 2.03 bits per heavy atom. The highest BCUT2D eigenvalue weighted by molar-refractivity contribution is 6.30. The molecule has 1 aliphatic heterocycles. The third-order valence-electron chi connectivity index (χ3n) is 6.21. The second-order valence-electron chi connectivity index (χ2n) is 8.32. The Labute approximate surface area is 198 Å². The summed E-state index contributed by atoms with van der Waals surface area (Å²) in [6.45, 7) is 4.86. The number of methoxy groups -OCH3 is 1. The monoisotopic (exact) mass is 468 g/mol. The van der Waals surface area contributed by atoms with Gasteiger partial charge in [-0.25, -0.2) is 4.79 Å². The standard InChI is InChI=1S/C25H29ClN4O3/c1-3-29-12-4-5-21(29)16-30(25(32)27-20-8-6-19(26)7-9-20)15-18-13-17-14-22(33-2)10-11-23(17)28-24(18)31/h6-11,13-14,21H,3-5,12,15-16H2,1-2H3,(H,27,32)(H,28,31). The van der Waals surface area contributed by atoms with Crippen molar-refractivity contribution in [1.29, 1.82) is 0 Å². The van der Waals surface area contributed by atoms with Gasteiger partial charge in [0.05, 0.1) is 13.7 Å². The number of nitrogens with one attached hydrogen (secondary N) is 2. The van der Waals surface area contributed by atoms with Gasteiger partial charge in [0.15, 0.2) is 0 Å². The summed E-state index contributed by atoms with van der Waals surface area (Å²) >= 11 is 5.97. The van der Waals surface area contributed by atoms with Crippen LogP contribution in [-0.4, -0.2) is 53.6 Å². The zero-order valence-corrected chi connectivity index (χ0v) is 19.7. The van der Waals surface area contributed by atoms with Crippen LogP contribution in [0.5, 0.6) is 5.75 Å². The molecule has 2 N–H and O–H groups in total. The lowest BCUT2D eigenvalue weighted by atomic mass is 10.1. The number of anilines is 1. The van der Waals surface area contributed by atoms with E-state index < -0.39 is 0 Å².